The zero-order chi connectivity index (χ0) is 17.3. The quantitative estimate of drug-likeness (QED) is 0.778. The average molecular weight is 353 g/mol. The molecule has 0 bridgehead atoms. The van der Waals surface area contributed by atoms with Gasteiger partial charge in [0.15, 0.2) is 0 Å². The molecule has 0 unspecified atom stereocenters. The molecule has 25 heavy (non-hydrogen) atoms. The second-order valence-electron chi connectivity index (χ2n) is 6.16. The van der Waals surface area contributed by atoms with E-state index in [1.807, 2.05) is 24.4 Å². The van der Waals surface area contributed by atoms with Gasteiger partial charge in [0.25, 0.3) is 10.0 Å². The fourth-order valence-electron chi connectivity index (χ4n) is 3.14. The molecule has 2 aromatic carbocycles. The van der Waals surface area contributed by atoms with E-state index in [2.05, 4.69) is 9.29 Å². The van der Waals surface area contributed by atoms with Gasteiger partial charge in [-0.3, -0.25) is 4.72 Å². The van der Waals surface area contributed by atoms with Crippen LogP contribution in [-0.4, -0.2) is 18.0 Å². The Morgan fingerprint density at radius 1 is 0.960 bits per heavy atom. The summed E-state index contributed by atoms with van der Waals surface area (Å²) in [6.07, 6.45) is 5.30. The number of nitrogens with one attached hydrogen (secondary N) is 1. The van der Waals surface area contributed by atoms with Crippen LogP contribution in [0.1, 0.15) is 18.7 Å². The standard InChI is InChI=1S/C19H19N3O2S/c23-25(24,15-8-2-1-3-9-15)21-17-11-5-4-10-16(17)18-14-22-13-7-6-12-19(22)20-18/h1-5,8-11,14,21H,6-7,12-13H2. The third kappa shape index (κ3) is 3.17. The summed E-state index contributed by atoms with van der Waals surface area (Å²) in [6.45, 7) is 0.972. The van der Waals surface area contributed by atoms with Crippen LogP contribution < -0.4 is 4.72 Å². The zero-order valence-electron chi connectivity index (χ0n) is 13.7. The molecule has 4 rings (SSSR count). The number of aromatic nitrogens is 2. The molecule has 6 heteroatoms. The number of fused-ring (bicyclic) bond motifs is 1. The summed E-state index contributed by atoms with van der Waals surface area (Å²) in [5, 5.41) is 0. The predicted octanol–water partition coefficient (Wildman–Crippen LogP) is 3.69. The first kappa shape index (κ1) is 15.9. The number of hydrogen-bond donors (Lipinski definition) is 1. The second kappa shape index (κ2) is 6.37. The van der Waals surface area contributed by atoms with E-state index in [4.69, 9.17) is 4.98 Å². The van der Waals surface area contributed by atoms with Crippen LogP contribution in [0.2, 0.25) is 0 Å². The Hall–Kier alpha value is -2.60. The highest BCUT2D eigenvalue weighted by Gasteiger charge is 2.19. The molecule has 1 N–H and O–H groups in total. The predicted molar refractivity (Wildman–Crippen MR) is 97.9 cm³/mol. The van der Waals surface area contributed by atoms with Crippen molar-refractivity contribution < 1.29 is 8.42 Å². The fourth-order valence-corrected chi connectivity index (χ4v) is 4.24. The number of aryl methyl sites for hydroxylation is 2. The van der Waals surface area contributed by atoms with E-state index in [9.17, 15) is 8.42 Å². The SMILES string of the molecule is O=S(=O)(Nc1ccccc1-c1cn2c(n1)CCCC2)c1ccccc1. The highest BCUT2D eigenvalue weighted by molar-refractivity contribution is 7.92. The lowest BCUT2D eigenvalue weighted by Crippen LogP contribution is -2.13. The normalized spacial score (nSPS) is 14.1. The van der Waals surface area contributed by atoms with E-state index in [1.54, 1.807) is 36.4 Å². The Balaban J connectivity index is 1.71. The van der Waals surface area contributed by atoms with Crippen LogP contribution in [0.25, 0.3) is 11.3 Å². The topological polar surface area (TPSA) is 64.0 Å². The maximum Gasteiger partial charge on any atom is 0.261 e. The van der Waals surface area contributed by atoms with Gasteiger partial charge in [0.1, 0.15) is 5.82 Å². The Morgan fingerprint density at radius 3 is 2.52 bits per heavy atom. The highest BCUT2D eigenvalue weighted by atomic mass is 32.2. The first-order valence-corrected chi connectivity index (χ1v) is 9.85. The molecule has 0 amide bonds. The molecule has 2 heterocycles. The van der Waals surface area contributed by atoms with E-state index < -0.39 is 10.0 Å². The Labute approximate surface area is 147 Å². The minimum absolute atomic E-state index is 0.244. The molecule has 1 aliphatic rings. The van der Waals surface area contributed by atoms with Crippen molar-refractivity contribution in [3.8, 4) is 11.3 Å². The highest BCUT2D eigenvalue weighted by Crippen LogP contribution is 2.30. The largest absolute Gasteiger partial charge is 0.334 e. The fraction of sp³-hybridized carbons (Fsp3) is 0.211. The number of sulfonamides is 1. The van der Waals surface area contributed by atoms with Crippen LogP contribution in [0.4, 0.5) is 5.69 Å². The Bertz CT molecular complexity index is 971. The van der Waals surface area contributed by atoms with Gasteiger partial charge in [0.05, 0.1) is 16.3 Å². The van der Waals surface area contributed by atoms with Gasteiger partial charge in [0.2, 0.25) is 0 Å². The van der Waals surface area contributed by atoms with Crippen molar-refractivity contribution in [2.75, 3.05) is 4.72 Å². The average Bonchev–Trinajstić information content (AvgIpc) is 3.06. The van der Waals surface area contributed by atoms with Gasteiger partial charge < -0.3 is 4.57 Å². The Kier molecular flexibility index (Phi) is 4.05. The lowest BCUT2D eigenvalue weighted by atomic mass is 10.1. The van der Waals surface area contributed by atoms with Crippen molar-refractivity contribution in [2.24, 2.45) is 0 Å². The summed E-state index contributed by atoms with van der Waals surface area (Å²) >= 11 is 0. The number of anilines is 1. The van der Waals surface area contributed by atoms with E-state index in [0.29, 0.717) is 5.69 Å². The summed E-state index contributed by atoms with van der Waals surface area (Å²) < 4.78 is 30.2. The van der Waals surface area contributed by atoms with E-state index in [-0.39, 0.29) is 4.90 Å². The van der Waals surface area contributed by atoms with Crippen LogP contribution in [0, 0.1) is 0 Å². The summed E-state index contributed by atoms with van der Waals surface area (Å²) in [4.78, 5) is 4.96. The van der Waals surface area contributed by atoms with Crippen LogP contribution in [-0.2, 0) is 23.0 Å². The van der Waals surface area contributed by atoms with Gasteiger partial charge in [-0.05, 0) is 31.0 Å². The molecule has 128 valence electrons. The molecule has 0 saturated carbocycles. The molecule has 3 aromatic rings. The van der Waals surface area contributed by atoms with Gasteiger partial charge in [-0.1, -0.05) is 36.4 Å². The number of nitrogens with zero attached hydrogens (tertiary/aromatic N) is 2. The summed E-state index contributed by atoms with van der Waals surface area (Å²) in [7, 11) is -3.63. The van der Waals surface area contributed by atoms with Gasteiger partial charge >= 0.3 is 0 Å². The zero-order valence-corrected chi connectivity index (χ0v) is 14.5. The molecule has 1 aliphatic heterocycles. The molecular formula is C19H19N3O2S. The van der Waals surface area contributed by atoms with Gasteiger partial charge in [-0.25, -0.2) is 13.4 Å². The van der Waals surface area contributed by atoms with Gasteiger partial charge in [-0.15, -0.1) is 0 Å². The van der Waals surface area contributed by atoms with Gasteiger partial charge in [-0.2, -0.15) is 0 Å². The van der Waals surface area contributed by atoms with Crippen molar-refractivity contribution in [1.29, 1.82) is 0 Å². The molecule has 0 aliphatic carbocycles. The maximum atomic E-state index is 12.6. The van der Waals surface area contributed by atoms with E-state index in [1.165, 1.54) is 0 Å². The third-order valence-corrected chi connectivity index (χ3v) is 5.79. The van der Waals surface area contributed by atoms with Crippen molar-refractivity contribution in [3.63, 3.8) is 0 Å². The van der Waals surface area contributed by atoms with Crippen molar-refractivity contribution in [3.05, 3.63) is 66.6 Å². The van der Waals surface area contributed by atoms with E-state index in [0.717, 1.165) is 42.9 Å². The summed E-state index contributed by atoms with van der Waals surface area (Å²) in [5.74, 6) is 1.07. The number of imidazole rings is 1. The smallest absolute Gasteiger partial charge is 0.261 e. The number of benzene rings is 2. The lowest BCUT2D eigenvalue weighted by Gasteiger charge is -2.12. The number of hydrogen-bond acceptors (Lipinski definition) is 3. The van der Waals surface area contributed by atoms with E-state index >= 15 is 0 Å². The Morgan fingerprint density at radius 2 is 1.72 bits per heavy atom. The third-order valence-electron chi connectivity index (χ3n) is 4.41. The molecule has 0 saturated heterocycles. The van der Waals surface area contributed by atoms with Crippen LogP contribution in [0.15, 0.2) is 65.7 Å². The lowest BCUT2D eigenvalue weighted by molar-refractivity contribution is 0.522. The molecule has 5 nitrogen and oxygen atoms in total. The monoisotopic (exact) mass is 353 g/mol. The molecular weight excluding hydrogens is 334 g/mol. The molecule has 1 aromatic heterocycles. The first-order valence-electron chi connectivity index (χ1n) is 8.37. The molecule has 0 radical (unpaired) electrons. The van der Waals surface area contributed by atoms with Crippen LogP contribution >= 0.6 is 0 Å². The van der Waals surface area contributed by atoms with Crippen LogP contribution in [0.5, 0.6) is 0 Å². The molecule has 0 spiro atoms. The second-order valence-corrected chi connectivity index (χ2v) is 7.84. The summed E-state index contributed by atoms with van der Waals surface area (Å²) in [5.41, 5.74) is 2.15. The first-order chi connectivity index (χ1) is 12.1. The number of para-hydroxylation sites is 1. The summed E-state index contributed by atoms with van der Waals surface area (Å²) in [6, 6.07) is 15.8. The van der Waals surface area contributed by atoms with Crippen molar-refractivity contribution in [1.82, 2.24) is 9.55 Å². The molecule has 0 fully saturated rings. The van der Waals surface area contributed by atoms with Crippen molar-refractivity contribution in [2.45, 2.75) is 30.7 Å². The minimum Gasteiger partial charge on any atom is -0.334 e. The maximum absolute atomic E-state index is 12.6. The number of rotatable bonds is 4. The van der Waals surface area contributed by atoms with Crippen molar-refractivity contribution >= 4 is 15.7 Å². The molecule has 0 atom stereocenters. The van der Waals surface area contributed by atoms with Gasteiger partial charge in [0, 0.05) is 24.7 Å². The minimum atomic E-state index is -3.63. The van der Waals surface area contributed by atoms with Crippen LogP contribution in [0.3, 0.4) is 0 Å².